The summed E-state index contributed by atoms with van der Waals surface area (Å²) in [5.41, 5.74) is 1.08. The number of alkyl halides is 2. The van der Waals surface area contributed by atoms with Crippen LogP contribution in [-0.4, -0.2) is 5.76 Å². The number of halogens is 3. The average molecular weight is 318 g/mol. The molecule has 1 heterocycles. The van der Waals surface area contributed by atoms with Crippen LogP contribution in [0.25, 0.3) is 0 Å². The summed E-state index contributed by atoms with van der Waals surface area (Å²) in [6.45, 7) is 1.22. The van der Waals surface area contributed by atoms with E-state index in [4.69, 9.17) is 16.0 Å². The van der Waals surface area contributed by atoms with E-state index in [-0.39, 0.29) is 5.75 Å². The van der Waals surface area contributed by atoms with Crippen LogP contribution in [0.1, 0.15) is 17.1 Å². The van der Waals surface area contributed by atoms with Crippen LogP contribution in [-0.2, 0) is 18.8 Å². The Morgan fingerprint density at radius 1 is 1.15 bits per heavy atom. The molecule has 1 aromatic heterocycles. The number of hydrogen-bond donors (Lipinski definition) is 1. The first-order valence-electron chi connectivity index (χ1n) is 6.06. The molecule has 0 spiro atoms. The molecule has 0 aliphatic rings. The van der Waals surface area contributed by atoms with E-state index >= 15 is 0 Å². The third-order valence-corrected chi connectivity index (χ3v) is 3.52. The molecule has 0 unspecified atom stereocenters. The third kappa shape index (κ3) is 5.15. The zero-order valence-electron chi connectivity index (χ0n) is 10.6. The molecule has 108 valence electrons. The minimum atomic E-state index is -2.37. The van der Waals surface area contributed by atoms with Crippen molar-refractivity contribution in [1.29, 1.82) is 0 Å². The molecular formula is C14H14ClF2NOS. The standard InChI is InChI=1S/C14H14ClF2NOS/c15-11-3-1-2-10(6-11)7-18-8-12-4-5-13(19-12)9-20-14(16)17/h1-6,14,18H,7-9H2. The van der Waals surface area contributed by atoms with Gasteiger partial charge in [-0.2, -0.15) is 8.78 Å². The highest BCUT2D eigenvalue weighted by molar-refractivity contribution is 7.98. The normalized spacial score (nSPS) is 11.2. The fourth-order valence-corrected chi connectivity index (χ4v) is 2.38. The maximum Gasteiger partial charge on any atom is 0.284 e. The molecule has 6 heteroatoms. The summed E-state index contributed by atoms with van der Waals surface area (Å²) >= 11 is 6.45. The van der Waals surface area contributed by atoms with E-state index in [1.165, 1.54) is 0 Å². The maximum atomic E-state index is 12.0. The molecule has 2 aromatic rings. The molecule has 2 rings (SSSR count). The van der Waals surface area contributed by atoms with Gasteiger partial charge in [-0.1, -0.05) is 35.5 Å². The second kappa shape index (κ2) is 7.67. The van der Waals surface area contributed by atoms with Gasteiger partial charge in [0.2, 0.25) is 0 Å². The van der Waals surface area contributed by atoms with Gasteiger partial charge in [-0.05, 0) is 29.8 Å². The highest BCUT2D eigenvalue weighted by Gasteiger charge is 2.07. The second-order valence-electron chi connectivity index (χ2n) is 4.17. The third-order valence-electron chi connectivity index (χ3n) is 2.59. The Kier molecular flexibility index (Phi) is 5.88. The van der Waals surface area contributed by atoms with Crippen molar-refractivity contribution in [3.05, 3.63) is 58.5 Å². The van der Waals surface area contributed by atoms with E-state index in [0.717, 1.165) is 11.3 Å². The van der Waals surface area contributed by atoms with Crippen LogP contribution in [0.5, 0.6) is 0 Å². The lowest BCUT2D eigenvalue weighted by atomic mass is 10.2. The van der Waals surface area contributed by atoms with Gasteiger partial charge in [0, 0.05) is 11.6 Å². The van der Waals surface area contributed by atoms with Gasteiger partial charge in [0.25, 0.3) is 5.76 Å². The predicted molar refractivity (Wildman–Crippen MR) is 78.0 cm³/mol. The monoisotopic (exact) mass is 317 g/mol. The Hall–Kier alpha value is -1.04. The Morgan fingerprint density at radius 3 is 2.70 bits per heavy atom. The summed E-state index contributed by atoms with van der Waals surface area (Å²) in [5.74, 6) is -0.886. The molecule has 0 fully saturated rings. The minimum Gasteiger partial charge on any atom is -0.464 e. The second-order valence-corrected chi connectivity index (χ2v) is 5.59. The fraction of sp³-hybridized carbons (Fsp3) is 0.286. The maximum absolute atomic E-state index is 12.0. The van der Waals surface area contributed by atoms with E-state index in [9.17, 15) is 8.78 Å². The smallest absolute Gasteiger partial charge is 0.284 e. The Balaban J connectivity index is 1.77. The van der Waals surface area contributed by atoms with E-state index in [1.807, 2.05) is 24.3 Å². The van der Waals surface area contributed by atoms with Crippen molar-refractivity contribution in [1.82, 2.24) is 5.32 Å². The van der Waals surface area contributed by atoms with Crippen LogP contribution in [0, 0.1) is 0 Å². The van der Waals surface area contributed by atoms with E-state index < -0.39 is 5.76 Å². The Bertz CT molecular complexity index is 547. The molecule has 0 bridgehead atoms. The number of hydrogen-bond acceptors (Lipinski definition) is 3. The summed E-state index contributed by atoms with van der Waals surface area (Å²) in [6.07, 6.45) is 0. The number of rotatable bonds is 7. The zero-order valence-corrected chi connectivity index (χ0v) is 12.2. The van der Waals surface area contributed by atoms with Crippen LogP contribution < -0.4 is 5.32 Å². The molecular weight excluding hydrogens is 304 g/mol. The van der Waals surface area contributed by atoms with Gasteiger partial charge >= 0.3 is 0 Å². The van der Waals surface area contributed by atoms with Crippen LogP contribution in [0.4, 0.5) is 8.78 Å². The van der Waals surface area contributed by atoms with Gasteiger partial charge in [-0.3, -0.25) is 0 Å². The van der Waals surface area contributed by atoms with E-state index in [0.29, 0.717) is 35.6 Å². The first-order chi connectivity index (χ1) is 9.63. The summed E-state index contributed by atoms with van der Waals surface area (Å²) in [7, 11) is 0. The van der Waals surface area contributed by atoms with Gasteiger partial charge < -0.3 is 9.73 Å². The lowest BCUT2D eigenvalue weighted by Gasteiger charge is -2.03. The van der Waals surface area contributed by atoms with Gasteiger partial charge in [-0.25, -0.2) is 0 Å². The quantitative estimate of drug-likeness (QED) is 0.802. The number of furan rings is 1. The molecule has 2 nitrogen and oxygen atoms in total. The van der Waals surface area contributed by atoms with E-state index in [1.54, 1.807) is 12.1 Å². The summed E-state index contributed by atoms with van der Waals surface area (Å²) in [4.78, 5) is 0. The molecule has 0 atom stereocenters. The number of nitrogens with one attached hydrogen (secondary N) is 1. The van der Waals surface area contributed by atoms with E-state index in [2.05, 4.69) is 5.32 Å². The summed E-state index contributed by atoms with van der Waals surface area (Å²) in [6, 6.07) is 11.1. The van der Waals surface area contributed by atoms with Crippen LogP contribution in [0.2, 0.25) is 5.02 Å². The lowest BCUT2D eigenvalue weighted by Crippen LogP contribution is -2.11. The lowest BCUT2D eigenvalue weighted by molar-refractivity contribution is 0.251. The van der Waals surface area contributed by atoms with Gasteiger partial charge in [0.15, 0.2) is 0 Å². The van der Waals surface area contributed by atoms with Crippen molar-refractivity contribution < 1.29 is 13.2 Å². The SMILES string of the molecule is FC(F)SCc1ccc(CNCc2cccc(Cl)c2)o1. The molecule has 0 aliphatic carbocycles. The van der Waals surface area contributed by atoms with Crippen molar-refractivity contribution in [2.45, 2.75) is 24.6 Å². The molecule has 0 amide bonds. The first kappa shape index (κ1) is 15.4. The van der Waals surface area contributed by atoms with Gasteiger partial charge in [-0.15, -0.1) is 0 Å². The molecule has 0 saturated carbocycles. The van der Waals surface area contributed by atoms with Crippen LogP contribution >= 0.6 is 23.4 Å². The molecule has 0 aliphatic heterocycles. The first-order valence-corrected chi connectivity index (χ1v) is 7.48. The van der Waals surface area contributed by atoms with Crippen molar-refractivity contribution in [2.75, 3.05) is 0 Å². The van der Waals surface area contributed by atoms with Gasteiger partial charge in [0.1, 0.15) is 11.5 Å². The Labute approximate surface area is 125 Å². The molecule has 1 N–H and O–H groups in total. The highest BCUT2D eigenvalue weighted by atomic mass is 35.5. The average Bonchev–Trinajstić information content (AvgIpc) is 2.84. The van der Waals surface area contributed by atoms with Gasteiger partial charge in [0.05, 0.1) is 12.3 Å². The molecule has 0 radical (unpaired) electrons. The predicted octanol–water partition coefficient (Wildman–Crippen LogP) is 4.68. The fourth-order valence-electron chi connectivity index (χ4n) is 1.72. The molecule has 1 aromatic carbocycles. The van der Waals surface area contributed by atoms with Crippen LogP contribution in [0.15, 0.2) is 40.8 Å². The number of benzene rings is 1. The zero-order chi connectivity index (χ0) is 14.4. The van der Waals surface area contributed by atoms with Crippen molar-refractivity contribution in [2.24, 2.45) is 0 Å². The molecule has 20 heavy (non-hydrogen) atoms. The van der Waals surface area contributed by atoms with Crippen LogP contribution in [0.3, 0.4) is 0 Å². The highest BCUT2D eigenvalue weighted by Crippen LogP contribution is 2.21. The van der Waals surface area contributed by atoms with Crippen molar-refractivity contribution >= 4 is 23.4 Å². The molecule has 0 saturated heterocycles. The van der Waals surface area contributed by atoms with Crippen molar-refractivity contribution in [3.63, 3.8) is 0 Å². The summed E-state index contributed by atoms with van der Waals surface area (Å²) < 4.78 is 29.5. The number of thioether (sulfide) groups is 1. The largest absolute Gasteiger partial charge is 0.464 e. The Morgan fingerprint density at radius 2 is 1.95 bits per heavy atom. The summed E-state index contributed by atoms with van der Waals surface area (Å²) in [5, 5.41) is 3.92. The minimum absolute atomic E-state index is 0.186. The topological polar surface area (TPSA) is 25.2 Å². The van der Waals surface area contributed by atoms with Crippen molar-refractivity contribution in [3.8, 4) is 0 Å².